The Bertz CT molecular complexity index is 708. The Morgan fingerprint density at radius 3 is 2.41 bits per heavy atom. The standard InChI is InChI=1S/C18H18O3S/c1-12-4-6-15(7-5-12)8-9-18(20)21-11-17(19)16-10-13(2)22-14(16)3/h4-10H,11H2,1-3H3/b9-8+. The van der Waals surface area contributed by atoms with E-state index in [0.29, 0.717) is 5.56 Å². The first-order valence-electron chi connectivity index (χ1n) is 6.97. The number of rotatable bonds is 5. The highest BCUT2D eigenvalue weighted by molar-refractivity contribution is 7.12. The van der Waals surface area contributed by atoms with Crippen LogP contribution in [0.2, 0.25) is 0 Å². The first-order chi connectivity index (χ1) is 10.5. The van der Waals surface area contributed by atoms with E-state index >= 15 is 0 Å². The monoisotopic (exact) mass is 314 g/mol. The maximum Gasteiger partial charge on any atom is 0.331 e. The maximum atomic E-state index is 12.0. The molecule has 0 saturated carbocycles. The van der Waals surface area contributed by atoms with E-state index in [4.69, 9.17) is 4.74 Å². The number of hydrogen-bond acceptors (Lipinski definition) is 4. The van der Waals surface area contributed by atoms with E-state index in [1.165, 1.54) is 6.08 Å². The molecular weight excluding hydrogens is 296 g/mol. The molecule has 1 aromatic heterocycles. The van der Waals surface area contributed by atoms with Gasteiger partial charge in [0.1, 0.15) is 0 Å². The summed E-state index contributed by atoms with van der Waals surface area (Å²) >= 11 is 1.57. The van der Waals surface area contributed by atoms with Crippen LogP contribution in [0.3, 0.4) is 0 Å². The summed E-state index contributed by atoms with van der Waals surface area (Å²) in [4.78, 5) is 25.7. The van der Waals surface area contributed by atoms with Gasteiger partial charge in [0.2, 0.25) is 5.78 Å². The van der Waals surface area contributed by atoms with Crippen LogP contribution in [0.25, 0.3) is 6.08 Å². The number of carbonyl (C=O) groups excluding carboxylic acids is 2. The average molecular weight is 314 g/mol. The van der Waals surface area contributed by atoms with Crippen molar-refractivity contribution in [2.75, 3.05) is 6.61 Å². The van der Waals surface area contributed by atoms with Gasteiger partial charge in [0, 0.05) is 21.4 Å². The minimum atomic E-state index is -0.515. The Labute approximate surface area is 134 Å². The molecule has 114 valence electrons. The number of Topliss-reactive ketones (excluding diaryl/α,β-unsaturated/α-hetero) is 1. The van der Waals surface area contributed by atoms with Crippen LogP contribution in [0, 0.1) is 20.8 Å². The third-order valence-electron chi connectivity index (χ3n) is 3.18. The molecule has 0 fully saturated rings. The molecule has 0 amide bonds. The number of hydrogen-bond donors (Lipinski definition) is 0. The number of ketones is 1. The van der Waals surface area contributed by atoms with Crippen LogP contribution in [0.4, 0.5) is 0 Å². The highest BCUT2D eigenvalue weighted by Crippen LogP contribution is 2.21. The highest BCUT2D eigenvalue weighted by Gasteiger charge is 2.13. The first kappa shape index (κ1) is 16.2. The lowest BCUT2D eigenvalue weighted by atomic mass is 10.1. The van der Waals surface area contributed by atoms with Crippen molar-refractivity contribution in [1.82, 2.24) is 0 Å². The lowest BCUT2D eigenvalue weighted by Gasteiger charge is -2.01. The van der Waals surface area contributed by atoms with Crippen molar-refractivity contribution in [1.29, 1.82) is 0 Å². The molecule has 4 heteroatoms. The van der Waals surface area contributed by atoms with E-state index in [-0.39, 0.29) is 12.4 Å². The van der Waals surface area contributed by atoms with Crippen molar-refractivity contribution in [3.8, 4) is 0 Å². The van der Waals surface area contributed by atoms with Crippen molar-refractivity contribution in [3.05, 3.63) is 62.9 Å². The SMILES string of the molecule is Cc1ccc(/C=C/C(=O)OCC(=O)c2cc(C)sc2C)cc1. The van der Waals surface area contributed by atoms with Gasteiger partial charge in [-0.2, -0.15) is 0 Å². The van der Waals surface area contributed by atoms with Gasteiger partial charge in [-0.05, 0) is 38.5 Å². The molecule has 0 atom stereocenters. The normalized spacial score (nSPS) is 10.9. The zero-order valence-corrected chi connectivity index (χ0v) is 13.7. The minimum absolute atomic E-state index is 0.168. The second-order valence-electron chi connectivity index (χ2n) is 5.10. The summed E-state index contributed by atoms with van der Waals surface area (Å²) < 4.78 is 5.00. The smallest absolute Gasteiger partial charge is 0.331 e. The van der Waals surface area contributed by atoms with Crippen LogP contribution in [-0.2, 0) is 9.53 Å². The Kier molecular flexibility index (Phi) is 5.28. The predicted octanol–water partition coefficient (Wildman–Crippen LogP) is 4.11. The fourth-order valence-electron chi connectivity index (χ4n) is 2.01. The van der Waals surface area contributed by atoms with Gasteiger partial charge in [-0.15, -0.1) is 11.3 Å². The lowest BCUT2D eigenvalue weighted by molar-refractivity contribution is -0.136. The quantitative estimate of drug-likeness (QED) is 0.474. The number of aryl methyl sites for hydroxylation is 3. The Morgan fingerprint density at radius 1 is 1.14 bits per heavy atom. The Morgan fingerprint density at radius 2 is 1.82 bits per heavy atom. The van der Waals surface area contributed by atoms with Crippen LogP contribution < -0.4 is 0 Å². The molecule has 1 aromatic carbocycles. The van der Waals surface area contributed by atoms with E-state index < -0.39 is 5.97 Å². The second-order valence-corrected chi connectivity index (χ2v) is 6.56. The molecule has 0 aliphatic rings. The molecule has 2 rings (SSSR count). The highest BCUT2D eigenvalue weighted by atomic mass is 32.1. The third kappa shape index (κ3) is 4.40. The van der Waals surface area contributed by atoms with Crippen molar-refractivity contribution >= 4 is 29.2 Å². The van der Waals surface area contributed by atoms with E-state index in [0.717, 1.165) is 20.9 Å². The number of benzene rings is 1. The molecule has 0 aliphatic carbocycles. The van der Waals surface area contributed by atoms with Crippen LogP contribution >= 0.6 is 11.3 Å². The molecule has 0 radical (unpaired) electrons. The lowest BCUT2D eigenvalue weighted by Crippen LogP contribution is -2.12. The van der Waals surface area contributed by atoms with E-state index in [9.17, 15) is 9.59 Å². The number of ether oxygens (including phenoxy) is 1. The van der Waals surface area contributed by atoms with Crippen LogP contribution in [0.1, 0.15) is 31.2 Å². The van der Waals surface area contributed by atoms with Gasteiger partial charge in [0.25, 0.3) is 0 Å². The largest absolute Gasteiger partial charge is 0.454 e. The van der Waals surface area contributed by atoms with Crippen molar-refractivity contribution < 1.29 is 14.3 Å². The fraction of sp³-hybridized carbons (Fsp3) is 0.222. The molecular formula is C18H18O3S. The van der Waals surface area contributed by atoms with Crippen molar-refractivity contribution in [2.45, 2.75) is 20.8 Å². The summed E-state index contributed by atoms with van der Waals surface area (Å²) in [5.41, 5.74) is 2.71. The summed E-state index contributed by atoms with van der Waals surface area (Å²) in [7, 11) is 0. The molecule has 0 unspecified atom stereocenters. The molecule has 0 saturated heterocycles. The topological polar surface area (TPSA) is 43.4 Å². The molecule has 0 spiro atoms. The van der Waals surface area contributed by atoms with Gasteiger partial charge in [-0.1, -0.05) is 29.8 Å². The Hall–Kier alpha value is -2.20. The Balaban J connectivity index is 1.88. The van der Waals surface area contributed by atoms with Crippen molar-refractivity contribution in [3.63, 3.8) is 0 Å². The molecule has 0 N–H and O–H groups in total. The molecule has 3 nitrogen and oxygen atoms in total. The number of thiophene rings is 1. The van der Waals surface area contributed by atoms with E-state index in [2.05, 4.69) is 0 Å². The maximum absolute atomic E-state index is 12.0. The molecule has 1 heterocycles. The second kappa shape index (κ2) is 7.18. The van der Waals surface area contributed by atoms with Gasteiger partial charge in [-0.25, -0.2) is 4.79 Å². The summed E-state index contributed by atoms with van der Waals surface area (Å²) in [6.45, 7) is 5.62. The van der Waals surface area contributed by atoms with Gasteiger partial charge in [-0.3, -0.25) is 4.79 Å². The van der Waals surface area contributed by atoms with Crippen LogP contribution in [-0.4, -0.2) is 18.4 Å². The average Bonchev–Trinajstić information content (AvgIpc) is 2.83. The number of esters is 1. The fourth-order valence-corrected chi connectivity index (χ4v) is 2.95. The summed E-state index contributed by atoms with van der Waals surface area (Å²) in [5.74, 6) is -0.683. The van der Waals surface area contributed by atoms with Gasteiger partial charge in [0.05, 0.1) is 0 Å². The molecule has 22 heavy (non-hydrogen) atoms. The van der Waals surface area contributed by atoms with Gasteiger partial charge >= 0.3 is 5.97 Å². The summed E-state index contributed by atoms with van der Waals surface area (Å²) in [6.07, 6.45) is 3.01. The number of carbonyl (C=O) groups is 2. The zero-order chi connectivity index (χ0) is 16.1. The predicted molar refractivity (Wildman–Crippen MR) is 89.3 cm³/mol. The third-order valence-corrected chi connectivity index (χ3v) is 4.14. The van der Waals surface area contributed by atoms with E-state index in [1.807, 2.05) is 51.1 Å². The molecule has 0 bridgehead atoms. The summed E-state index contributed by atoms with van der Waals surface area (Å²) in [5, 5.41) is 0. The molecule has 0 aliphatic heterocycles. The minimum Gasteiger partial charge on any atom is -0.454 e. The first-order valence-corrected chi connectivity index (χ1v) is 7.79. The van der Waals surface area contributed by atoms with Crippen LogP contribution in [0.15, 0.2) is 36.4 Å². The van der Waals surface area contributed by atoms with Crippen molar-refractivity contribution in [2.24, 2.45) is 0 Å². The van der Waals surface area contributed by atoms with Gasteiger partial charge in [0.15, 0.2) is 6.61 Å². The van der Waals surface area contributed by atoms with E-state index in [1.54, 1.807) is 17.4 Å². The van der Waals surface area contributed by atoms with Crippen LogP contribution in [0.5, 0.6) is 0 Å². The zero-order valence-electron chi connectivity index (χ0n) is 12.9. The summed E-state index contributed by atoms with van der Waals surface area (Å²) in [6, 6.07) is 9.61. The van der Waals surface area contributed by atoms with Gasteiger partial charge < -0.3 is 4.74 Å². The molecule has 2 aromatic rings.